The van der Waals surface area contributed by atoms with Crippen molar-refractivity contribution in [1.82, 2.24) is 19.5 Å². The number of benzene rings is 8. The minimum atomic E-state index is -0.735. The standard InChI is InChI=1S/C59H42N4/c1-3-22-42(4-2)58(43-27-14-7-15-28-43)48-35-20-33-46-47-34-21-36-49-53(47)63(52(46)48)54-50(58)37-41(38-51(54)59(49,44-29-16-8-17-30-44)45-31-18-9-19-32-45)57-61-55(39-23-10-5-11-24-39)60-56(62-57)40-25-12-6-13-26-40/h3-38H,1-2H3. The smallest absolute Gasteiger partial charge is 0.164 e. The monoisotopic (exact) mass is 806 g/mol. The number of hydrogen-bond acceptors (Lipinski definition) is 3. The van der Waals surface area contributed by atoms with E-state index in [0.29, 0.717) is 17.5 Å². The molecule has 0 fully saturated rings. The summed E-state index contributed by atoms with van der Waals surface area (Å²) < 4.78 is 2.61. The van der Waals surface area contributed by atoms with E-state index in [-0.39, 0.29) is 0 Å². The largest absolute Gasteiger partial charge is 0.308 e. The summed E-state index contributed by atoms with van der Waals surface area (Å²) in [5.74, 6) is 1.88. The first-order valence-electron chi connectivity index (χ1n) is 21.8. The molecule has 2 aliphatic heterocycles. The normalized spacial score (nSPS) is 16.0. The third-order valence-electron chi connectivity index (χ3n) is 13.4. The molecule has 8 aromatic carbocycles. The Bertz CT molecular complexity index is 3350. The molecule has 4 heterocycles. The maximum atomic E-state index is 5.41. The van der Waals surface area contributed by atoms with Gasteiger partial charge in [0.1, 0.15) is 0 Å². The molecule has 0 spiro atoms. The topological polar surface area (TPSA) is 43.6 Å². The Kier molecular flexibility index (Phi) is 8.38. The van der Waals surface area contributed by atoms with Gasteiger partial charge in [-0.1, -0.05) is 206 Å². The molecular weight excluding hydrogens is 765 g/mol. The fraction of sp³-hybridized carbons (Fsp3) is 0.0678. The summed E-state index contributed by atoms with van der Waals surface area (Å²) in [6, 6.07) is 72.5. The first kappa shape index (κ1) is 36.9. The van der Waals surface area contributed by atoms with Gasteiger partial charge in [0, 0.05) is 27.5 Å². The van der Waals surface area contributed by atoms with Crippen LogP contribution in [0.25, 0.3) is 61.7 Å². The maximum absolute atomic E-state index is 5.41. The van der Waals surface area contributed by atoms with Crippen LogP contribution < -0.4 is 0 Å². The molecule has 0 amide bonds. The molecule has 12 rings (SSSR count). The van der Waals surface area contributed by atoms with Gasteiger partial charge in [-0.25, -0.2) is 15.0 Å². The van der Waals surface area contributed by atoms with E-state index < -0.39 is 10.8 Å². The third kappa shape index (κ3) is 5.12. The molecule has 2 aromatic heterocycles. The van der Waals surface area contributed by atoms with Crippen LogP contribution in [0.1, 0.15) is 52.8 Å². The molecule has 298 valence electrons. The van der Waals surface area contributed by atoms with E-state index in [9.17, 15) is 0 Å². The number of allylic oxidation sites excluding steroid dienone is 4. The summed E-state index contributed by atoms with van der Waals surface area (Å²) in [5, 5.41) is 2.49. The van der Waals surface area contributed by atoms with E-state index in [1.54, 1.807) is 0 Å². The van der Waals surface area contributed by atoms with Crippen molar-refractivity contribution in [3.63, 3.8) is 0 Å². The Balaban J connectivity index is 1.34. The Morgan fingerprint density at radius 3 is 1.38 bits per heavy atom. The van der Waals surface area contributed by atoms with Crippen LogP contribution >= 0.6 is 0 Å². The predicted molar refractivity (Wildman–Crippen MR) is 257 cm³/mol. The molecule has 0 saturated carbocycles. The first-order chi connectivity index (χ1) is 31.2. The maximum Gasteiger partial charge on any atom is 0.164 e. The van der Waals surface area contributed by atoms with Crippen molar-refractivity contribution >= 4 is 21.8 Å². The van der Waals surface area contributed by atoms with Gasteiger partial charge in [-0.3, -0.25) is 0 Å². The highest BCUT2D eigenvalue weighted by Crippen LogP contribution is 2.62. The van der Waals surface area contributed by atoms with E-state index >= 15 is 0 Å². The van der Waals surface area contributed by atoms with Crippen molar-refractivity contribution in [2.45, 2.75) is 24.7 Å². The Hall–Kier alpha value is -7.95. The highest BCUT2D eigenvalue weighted by molar-refractivity contribution is 6.15. The highest BCUT2D eigenvalue weighted by Gasteiger charge is 2.53. The Morgan fingerprint density at radius 1 is 0.429 bits per heavy atom. The second-order valence-electron chi connectivity index (χ2n) is 16.5. The number of rotatable bonds is 8. The van der Waals surface area contributed by atoms with Crippen LogP contribution in [-0.4, -0.2) is 19.5 Å². The minimum absolute atomic E-state index is 0.618. The molecule has 0 saturated heterocycles. The van der Waals surface area contributed by atoms with Crippen molar-refractivity contribution in [2.24, 2.45) is 0 Å². The summed E-state index contributed by atoms with van der Waals surface area (Å²) in [5.41, 5.74) is 14.6. The number of hydrogen-bond donors (Lipinski definition) is 0. The van der Waals surface area contributed by atoms with Gasteiger partial charge in [0.05, 0.1) is 27.6 Å². The van der Waals surface area contributed by atoms with E-state index in [4.69, 9.17) is 15.0 Å². The number of fused-ring (bicyclic) bond motifs is 1. The molecule has 2 aliphatic rings. The predicted octanol–water partition coefficient (Wildman–Crippen LogP) is 13.8. The van der Waals surface area contributed by atoms with Crippen LogP contribution in [0.5, 0.6) is 0 Å². The van der Waals surface area contributed by atoms with E-state index in [1.807, 2.05) is 36.4 Å². The molecule has 1 unspecified atom stereocenters. The van der Waals surface area contributed by atoms with Crippen LogP contribution in [0, 0.1) is 0 Å². The lowest BCUT2D eigenvalue weighted by atomic mass is 9.58. The van der Waals surface area contributed by atoms with Gasteiger partial charge < -0.3 is 4.57 Å². The molecule has 63 heavy (non-hydrogen) atoms. The molecule has 0 aliphatic carbocycles. The van der Waals surface area contributed by atoms with Gasteiger partial charge in [-0.05, 0) is 70.5 Å². The van der Waals surface area contributed by atoms with Gasteiger partial charge in [0.2, 0.25) is 0 Å². The van der Waals surface area contributed by atoms with Crippen LogP contribution in [0.4, 0.5) is 0 Å². The van der Waals surface area contributed by atoms with Gasteiger partial charge in [-0.2, -0.15) is 0 Å². The molecule has 4 nitrogen and oxygen atoms in total. The van der Waals surface area contributed by atoms with Gasteiger partial charge in [-0.15, -0.1) is 0 Å². The van der Waals surface area contributed by atoms with Crippen LogP contribution in [0.2, 0.25) is 0 Å². The minimum Gasteiger partial charge on any atom is -0.308 e. The van der Waals surface area contributed by atoms with Crippen molar-refractivity contribution in [2.75, 3.05) is 0 Å². The molecule has 0 bridgehead atoms. The highest BCUT2D eigenvalue weighted by atomic mass is 15.0. The van der Waals surface area contributed by atoms with Crippen molar-refractivity contribution in [3.8, 4) is 39.9 Å². The zero-order chi connectivity index (χ0) is 42.1. The molecular formula is C59H42N4. The zero-order valence-corrected chi connectivity index (χ0v) is 35.1. The quantitative estimate of drug-likeness (QED) is 0.144. The number of aromatic nitrogens is 4. The van der Waals surface area contributed by atoms with E-state index in [1.165, 1.54) is 72.0 Å². The van der Waals surface area contributed by atoms with Crippen LogP contribution in [0.3, 0.4) is 0 Å². The fourth-order valence-corrected chi connectivity index (χ4v) is 11.0. The van der Waals surface area contributed by atoms with Gasteiger partial charge in [0.15, 0.2) is 17.5 Å². The van der Waals surface area contributed by atoms with Crippen LogP contribution in [0.15, 0.2) is 224 Å². The summed E-state index contributed by atoms with van der Waals surface area (Å²) >= 11 is 0. The first-order valence-corrected chi connectivity index (χ1v) is 21.8. The number of para-hydroxylation sites is 2. The molecule has 0 radical (unpaired) electrons. The van der Waals surface area contributed by atoms with Crippen molar-refractivity contribution < 1.29 is 0 Å². The van der Waals surface area contributed by atoms with E-state index in [2.05, 4.69) is 200 Å². The molecule has 10 aromatic rings. The average molecular weight is 807 g/mol. The third-order valence-corrected chi connectivity index (χ3v) is 13.4. The second kappa shape index (κ2) is 14.3. The fourth-order valence-electron chi connectivity index (χ4n) is 11.0. The Labute approximate surface area is 367 Å². The van der Waals surface area contributed by atoms with Crippen LogP contribution in [-0.2, 0) is 10.8 Å². The summed E-state index contributed by atoms with van der Waals surface area (Å²) in [7, 11) is 0. The zero-order valence-electron chi connectivity index (χ0n) is 35.1. The second-order valence-corrected chi connectivity index (χ2v) is 16.5. The lowest BCUT2D eigenvalue weighted by molar-refractivity contribution is 0.682. The molecule has 1 atom stereocenters. The lowest BCUT2D eigenvalue weighted by Crippen LogP contribution is -2.41. The van der Waals surface area contributed by atoms with Crippen molar-refractivity contribution in [1.29, 1.82) is 0 Å². The summed E-state index contributed by atoms with van der Waals surface area (Å²) in [6.45, 7) is 4.30. The van der Waals surface area contributed by atoms with Gasteiger partial charge in [0.25, 0.3) is 0 Å². The average Bonchev–Trinajstić information content (AvgIpc) is 3.71. The van der Waals surface area contributed by atoms with E-state index in [0.717, 1.165) is 16.7 Å². The molecule has 4 heteroatoms. The van der Waals surface area contributed by atoms with Gasteiger partial charge >= 0.3 is 0 Å². The number of nitrogens with zero attached hydrogens (tertiary/aromatic N) is 4. The lowest BCUT2D eigenvalue weighted by Gasteiger charge is -2.48. The molecule has 0 N–H and O–H groups in total. The summed E-state index contributed by atoms with van der Waals surface area (Å²) in [6.07, 6.45) is 6.80. The summed E-state index contributed by atoms with van der Waals surface area (Å²) in [4.78, 5) is 16.0. The van der Waals surface area contributed by atoms with Crippen molar-refractivity contribution in [3.05, 3.63) is 263 Å². The SMILES string of the molecule is CC=CC(=CC)C1(c2ccccc2)c2cc(-c3nc(-c4ccccc4)nc(-c4ccccc4)n3)cc3c2-n2c4c1cccc4c1cccc(c12)C3(c1ccccc1)c1ccccc1. The Morgan fingerprint density at radius 2 is 0.873 bits per heavy atom.